The van der Waals surface area contributed by atoms with Gasteiger partial charge in [0.1, 0.15) is 6.04 Å². The van der Waals surface area contributed by atoms with Crippen LogP contribution in [0.15, 0.2) is 10.9 Å². The number of H-pyrrole nitrogens is 1. The molecule has 6 nitrogen and oxygen atoms in total. The van der Waals surface area contributed by atoms with Crippen molar-refractivity contribution in [3.8, 4) is 0 Å². The SMILES string of the molecule is CCN(CC)C(=O)[C@@H]1CCCN1c1nc(C(F)(F)F)cc(=O)[nH]1. The molecular weight excluding hydrogens is 313 g/mol. The maximum atomic E-state index is 12.8. The molecule has 0 bridgehead atoms. The molecule has 0 radical (unpaired) electrons. The van der Waals surface area contributed by atoms with E-state index >= 15 is 0 Å². The largest absolute Gasteiger partial charge is 0.433 e. The monoisotopic (exact) mass is 332 g/mol. The molecule has 0 aliphatic carbocycles. The van der Waals surface area contributed by atoms with Crippen molar-refractivity contribution in [2.75, 3.05) is 24.5 Å². The normalized spacial score (nSPS) is 18.3. The Hall–Kier alpha value is -2.06. The van der Waals surface area contributed by atoms with Crippen LogP contribution >= 0.6 is 0 Å². The summed E-state index contributed by atoms with van der Waals surface area (Å²) in [5, 5.41) is 0. The van der Waals surface area contributed by atoms with Crippen molar-refractivity contribution in [2.45, 2.75) is 38.9 Å². The van der Waals surface area contributed by atoms with E-state index in [2.05, 4.69) is 9.97 Å². The lowest BCUT2D eigenvalue weighted by atomic mass is 10.2. The summed E-state index contributed by atoms with van der Waals surface area (Å²) >= 11 is 0. The number of amides is 1. The second-order valence-electron chi connectivity index (χ2n) is 5.31. The summed E-state index contributed by atoms with van der Waals surface area (Å²) in [4.78, 5) is 32.9. The van der Waals surface area contributed by atoms with Crippen LogP contribution in [0.2, 0.25) is 0 Å². The van der Waals surface area contributed by atoms with E-state index in [1.165, 1.54) is 4.90 Å². The Morgan fingerprint density at radius 3 is 2.65 bits per heavy atom. The number of aromatic nitrogens is 2. The van der Waals surface area contributed by atoms with Crippen LogP contribution in [0.3, 0.4) is 0 Å². The number of rotatable bonds is 4. The van der Waals surface area contributed by atoms with Gasteiger partial charge in [-0.25, -0.2) is 4.98 Å². The van der Waals surface area contributed by atoms with Crippen molar-refractivity contribution < 1.29 is 18.0 Å². The minimum Gasteiger partial charge on any atom is -0.341 e. The van der Waals surface area contributed by atoms with E-state index in [4.69, 9.17) is 0 Å². The van der Waals surface area contributed by atoms with Crippen molar-refractivity contribution in [1.29, 1.82) is 0 Å². The molecule has 0 spiro atoms. The van der Waals surface area contributed by atoms with E-state index in [9.17, 15) is 22.8 Å². The van der Waals surface area contributed by atoms with Gasteiger partial charge in [-0.2, -0.15) is 13.2 Å². The predicted octanol–water partition coefficient (Wildman–Crippen LogP) is 1.63. The lowest BCUT2D eigenvalue weighted by molar-refractivity contribution is -0.141. The van der Waals surface area contributed by atoms with E-state index in [-0.39, 0.29) is 11.9 Å². The first-order chi connectivity index (χ1) is 10.8. The number of aromatic amines is 1. The smallest absolute Gasteiger partial charge is 0.341 e. The maximum Gasteiger partial charge on any atom is 0.433 e. The van der Waals surface area contributed by atoms with Crippen LogP contribution in [-0.4, -0.2) is 46.5 Å². The number of likely N-dealkylation sites (N-methyl/N-ethyl adjacent to an activating group) is 1. The van der Waals surface area contributed by atoms with Crippen LogP contribution < -0.4 is 10.5 Å². The average molecular weight is 332 g/mol. The van der Waals surface area contributed by atoms with Gasteiger partial charge in [0.05, 0.1) is 0 Å². The molecule has 1 saturated heterocycles. The minimum absolute atomic E-state index is 0.160. The molecule has 1 fully saturated rings. The fourth-order valence-electron chi connectivity index (χ4n) is 2.75. The van der Waals surface area contributed by atoms with Gasteiger partial charge in [-0.1, -0.05) is 0 Å². The first-order valence-electron chi connectivity index (χ1n) is 7.51. The van der Waals surface area contributed by atoms with E-state index in [0.717, 1.165) is 0 Å². The van der Waals surface area contributed by atoms with Crippen molar-refractivity contribution in [3.63, 3.8) is 0 Å². The van der Waals surface area contributed by atoms with Crippen LogP contribution in [0.1, 0.15) is 32.4 Å². The lowest BCUT2D eigenvalue weighted by Gasteiger charge is -2.29. The molecule has 1 aliphatic heterocycles. The summed E-state index contributed by atoms with van der Waals surface area (Å²) in [6, 6.07) is -0.178. The number of alkyl halides is 3. The van der Waals surface area contributed by atoms with E-state index in [1.54, 1.807) is 4.90 Å². The summed E-state index contributed by atoms with van der Waals surface area (Å²) in [6.45, 7) is 5.09. The first kappa shape index (κ1) is 17.3. The number of hydrogen-bond acceptors (Lipinski definition) is 4. The number of nitrogens with zero attached hydrogens (tertiary/aromatic N) is 3. The Kier molecular flexibility index (Phi) is 4.96. The lowest BCUT2D eigenvalue weighted by Crippen LogP contribution is -2.46. The third-order valence-corrected chi connectivity index (χ3v) is 3.90. The van der Waals surface area contributed by atoms with Gasteiger partial charge < -0.3 is 9.80 Å². The Morgan fingerprint density at radius 2 is 2.09 bits per heavy atom. The highest BCUT2D eigenvalue weighted by Gasteiger charge is 2.37. The van der Waals surface area contributed by atoms with Gasteiger partial charge in [-0.3, -0.25) is 14.6 Å². The van der Waals surface area contributed by atoms with Crippen LogP contribution in [0.4, 0.5) is 19.1 Å². The fourth-order valence-corrected chi connectivity index (χ4v) is 2.75. The highest BCUT2D eigenvalue weighted by atomic mass is 19.4. The Labute approximate surface area is 131 Å². The second kappa shape index (κ2) is 6.59. The molecule has 1 N–H and O–H groups in total. The zero-order valence-corrected chi connectivity index (χ0v) is 13.0. The zero-order chi connectivity index (χ0) is 17.2. The molecule has 0 saturated carbocycles. The highest BCUT2D eigenvalue weighted by molar-refractivity contribution is 5.85. The predicted molar refractivity (Wildman–Crippen MR) is 78.2 cm³/mol. The van der Waals surface area contributed by atoms with Gasteiger partial charge in [0, 0.05) is 25.7 Å². The molecule has 0 aromatic carbocycles. The molecule has 1 amide bonds. The van der Waals surface area contributed by atoms with E-state index in [0.29, 0.717) is 38.5 Å². The van der Waals surface area contributed by atoms with Crippen molar-refractivity contribution in [1.82, 2.24) is 14.9 Å². The Balaban J connectivity index is 2.35. The van der Waals surface area contributed by atoms with Gasteiger partial charge in [0.15, 0.2) is 5.69 Å². The molecule has 1 aromatic heterocycles. The molecule has 128 valence electrons. The average Bonchev–Trinajstić information content (AvgIpc) is 2.96. The molecular formula is C14H19F3N4O2. The van der Waals surface area contributed by atoms with Gasteiger partial charge >= 0.3 is 6.18 Å². The summed E-state index contributed by atoms with van der Waals surface area (Å²) in [6.07, 6.45) is -3.53. The standard InChI is InChI=1S/C14H19F3N4O2/c1-3-20(4-2)12(23)9-6-5-7-21(9)13-18-10(14(15,16)17)8-11(22)19-13/h8-9H,3-7H2,1-2H3,(H,18,19,22)/t9-/m0/s1. The van der Waals surface area contributed by atoms with Gasteiger partial charge in [-0.05, 0) is 26.7 Å². The summed E-state index contributed by atoms with van der Waals surface area (Å²) in [5.41, 5.74) is -2.14. The van der Waals surface area contributed by atoms with Crippen LogP contribution in [-0.2, 0) is 11.0 Å². The van der Waals surface area contributed by atoms with Crippen molar-refractivity contribution >= 4 is 11.9 Å². The number of nitrogens with one attached hydrogen (secondary N) is 1. The number of anilines is 1. The second-order valence-corrected chi connectivity index (χ2v) is 5.31. The molecule has 0 unspecified atom stereocenters. The Morgan fingerprint density at radius 1 is 1.43 bits per heavy atom. The molecule has 1 aromatic rings. The highest BCUT2D eigenvalue weighted by Crippen LogP contribution is 2.29. The summed E-state index contributed by atoms with van der Waals surface area (Å²) < 4.78 is 38.5. The quantitative estimate of drug-likeness (QED) is 0.910. The third kappa shape index (κ3) is 3.65. The summed E-state index contributed by atoms with van der Waals surface area (Å²) in [5.74, 6) is -0.361. The number of hydrogen-bond donors (Lipinski definition) is 1. The Bertz CT molecular complexity index is 625. The molecule has 2 rings (SSSR count). The third-order valence-electron chi connectivity index (χ3n) is 3.90. The summed E-state index contributed by atoms with van der Waals surface area (Å²) in [7, 11) is 0. The van der Waals surface area contributed by atoms with E-state index < -0.39 is 23.5 Å². The van der Waals surface area contributed by atoms with Crippen molar-refractivity contribution in [3.05, 3.63) is 22.1 Å². The fraction of sp³-hybridized carbons (Fsp3) is 0.643. The molecule has 1 aliphatic rings. The molecule has 9 heteroatoms. The van der Waals surface area contributed by atoms with E-state index in [1.807, 2.05) is 13.8 Å². The number of carbonyl (C=O) groups is 1. The number of halogens is 3. The van der Waals surface area contributed by atoms with Crippen LogP contribution in [0.5, 0.6) is 0 Å². The zero-order valence-electron chi connectivity index (χ0n) is 13.0. The number of carbonyl (C=O) groups excluding carboxylic acids is 1. The van der Waals surface area contributed by atoms with Crippen LogP contribution in [0.25, 0.3) is 0 Å². The maximum absolute atomic E-state index is 12.8. The molecule has 2 heterocycles. The first-order valence-corrected chi connectivity index (χ1v) is 7.51. The topological polar surface area (TPSA) is 69.3 Å². The molecule has 1 atom stereocenters. The molecule has 23 heavy (non-hydrogen) atoms. The van der Waals surface area contributed by atoms with Crippen LogP contribution in [0, 0.1) is 0 Å². The minimum atomic E-state index is -4.71. The van der Waals surface area contributed by atoms with Gasteiger partial charge in [0.2, 0.25) is 11.9 Å². The van der Waals surface area contributed by atoms with Crippen molar-refractivity contribution in [2.24, 2.45) is 0 Å². The van der Waals surface area contributed by atoms with Gasteiger partial charge in [-0.15, -0.1) is 0 Å². The van der Waals surface area contributed by atoms with Gasteiger partial charge in [0.25, 0.3) is 5.56 Å².